The maximum absolute atomic E-state index is 11.4. The number of rotatable bonds is 6. The van der Waals surface area contributed by atoms with Crippen LogP contribution >= 0.6 is 0 Å². The van der Waals surface area contributed by atoms with Crippen LogP contribution in [0.1, 0.15) is 47.0 Å². The Morgan fingerprint density at radius 3 is 2.68 bits per heavy atom. The van der Waals surface area contributed by atoms with E-state index in [-0.39, 0.29) is 11.7 Å². The number of hydrogen-bond acceptors (Lipinski definition) is 4. The summed E-state index contributed by atoms with van der Waals surface area (Å²) in [6.45, 7) is 11.0. The van der Waals surface area contributed by atoms with Crippen LogP contribution < -0.4 is 10.6 Å². The van der Waals surface area contributed by atoms with E-state index in [1.54, 1.807) is 0 Å². The molecule has 5 heteroatoms. The molecule has 19 heavy (non-hydrogen) atoms. The molecule has 1 fully saturated rings. The average molecular weight is 272 g/mol. The summed E-state index contributed by atoms with van der Waals surface area (Å²) in [5.41, 5.74) is -0.435. The van der Waals surface area contributed by atoms with E-state index in [9.17, 15) is 4.79 Å². The lowest BCUT2D eigenvalue weighted by Crippen LogP contribution is -2.38. The minimum Gasteiger partial charge on any atom is -0.444 e. The molecule has 2 N–H and O–H groups in total. The summed E-state index contributed by atoms with van der Waals surface area (Å²) in [7, 11) is 0. The van der Waals surface area contributed by atoms with Gasteiger partial charge in [-0.25, -0.2) is 4.79 Å². The van der Waals surface area contributed by atoms with Crippen molar-refractivity contribution in [1.82, 2.24) is 10.6 Å². The molecule has 0 spiro atoms. The molecule has 1 rings (SSSR count). The highest BCUT2D eigenvalue weighted by molar-refractivity contribution is 5.67. The van der Waals surface area contributed by atoms with Crippen LogP contribution in [0.2, 0.25) is 0 Å². The number of ether oxygens (including phenoxy) is 2. The molecule has 0 aliphatic carbocycles. The van der Waals surface area contributed by atoms with Crippen molar-refractivity contribution < 1.29 is 14.3 Å². The van der Waals surface area contributed by atoms with Crippen molar-refractivity contribution in [2.75, 3.05) is 26.2 Å². The second kappa shape index (κ2) is 7.10. The maximum atomic E-state index is 11.4. The molecule has 5 nitrogen and oxygen atoms in total. The molecule has 112 valence electrons. The van der Waals surface area contributed by atoms with E-state index in [4.69, 9.17) is 9.47 Å². The molecule has 1 atom stereocenters. The number of carbonyl (C=O) groups excluding carboxylic acids is 1. The molecule has 1 aliphatic heterocycles. The quantitative estimate of drug-likeness (QED) is 0.727. The van der Waals surface area contributed by atoms with Gasteiger partial charge in [-0.3, -0.25) is 0 Å². The molecular formula is C14H28N2O3. The fourth-order valence-corrected chi connectivity index (χ4v) is 2.05. The average Bonchev–Trinajstić information content (AvgIpc) is 2.68. The van der Waals surface area contributed by atoms with Crippen molar-refractivity contribution in [3.63, 3.8) is 0 Å². The molecule has 1 aliphatic rings. The van der Waals surface area contributed by atoms with Gasteiger partial charge < -0.3 is 20.1 Å². The highest BCUT2D eigenvalue weighted by atomic mass is 16.6. The molecular weight excluding hydrogens is 244 g/mol. The number of carbonyl (C=O) groups is 1. The third-order valence-electron chi connectivity index (χ3n) is 3.00. The topological polar surface area (TPSA) is 59.6 Å². The summed E-state index contributed by atoms with van der Waals surface area (Å²) >= 11 is 0. The molecule has 0 aromatic rings. The molecule has 1 heterocycles. The van der Waals surface area contributed by atoms with Gasteiger partial charge in [-0.15, -0.1) is 0 Å². The summed E-state index contributed by atoms with van der Waals surface area (Å²) in [4.78, 5) is 11.4. The highest BCUT2D eigenvalue weighted by Crippen LogP contribution is 2.23. The number of nitrogens with one attached hydrogen (secondary N) is 2. The van der Waals surface area contributed by atoms with E-state index < -0.39 is 5.60 Å². The van der Waals surface area contributed by atoms with Crippen LogP contribution in [0.3, 0.4) is 0 Å². The van der Waals surface area contributed by atoms with E-state index in [0.29, 0.717) is 6.54 Å². The van der Waals surface area contributed by atoms with Gasteiger partial charge in [-0.2, -0.15) is 0 Å². The smallest absolute Gasteiger partial charge is 0.407 e. The molecule has 0 saturated carbocycles. The van der Waals surface area contributed by atoms with Gasteiger partial charge in [0.25, 0.3) is 0 Å². The Labute approximate surface area is 116 Å². The monoisotopic (exact) mass is 272 g/mol. The predicted octanol–water partition coefficient (Wildman–Crippen LogP) is 2.06. The van der Waals surface area contributed by atoms with Crippen molar-refractivity contribution in [3.05, 3.63) is 0 Å². The van der Waals surface area contributed by atoms with E-state index in [2.05, 4.69) is 17.6 Å². The van der Waals surface area contributed by atoms with Gasteiger partial charge in [-0.1, -0.05) is 0 Å². The van der Waals surface area contributed by atoms with E-state index in [1.165, 1.54) is 0 Å². The lowest BCUT2D eigenvalue weighted by atomic mass is 10.0. The number of hydrogen-bond donors (Lipinski definition) is 2. The second-order valence-corrected chi connectivity index (χ2v) is 6.36. The first-order valence-electron chi connectivity index (χ1n) is 7.12. The summed E-state index contributed by atoms with van der Waals surface area (Å²) in [6.07, 6.45) is 2.81. The standard InChI is InChI=1S/C14H28N2O3/c1-13(2,3)19-12(17)16-9-6-8-15-11-14(4)7-5-10-18-14/h15H,5-11H2,1-4H3,(H,16,17). The zero-order chi connectivity index (χ0) is 14.4. The zero-order valence-electron chi connectivity index (χ0n) is 12.7. The number of amides is 1. The molecule has 0 aromatic carbocycles. The fraction of sp³-hybridized carbons (Fsp3) is 0.929. The Morgan fingerprint density at radius 1 is 1.37 bits per heavy atom. The van der Waals surface area contributed by atoms with Crippen molar-refractivity contribution in [3.8, 4) is 0 Å². The fourth-order valence-electron chi connectivity index (χ4n) is 2.05. The summed E-state index contributed by atoms with van der Waals surface area (Å²) in [5, 5.41) is 6.12. The molecule has 0 radical (unpaired) electrons. The minimum atomic E-state index is -0.434. The Bertz CT molecular complexity index is 281. The second-order valence-electron chi connectivity index (χ2n) is 6.36. The minimum absolute atomic E-state index is 0.00139. The Hall–Kier alpha value is -0.810. The molecule has 1 saturated heterocycles. The first kappa shape index (κ1) is 16.2. The Kier molecular flexibility index (Phi) is 6.07. The van der Waals surface area contributed by atoms with Crippen LogP contribution in [0.15, 0.2) is 0 Å². The summed E-state index contributed by atoms with van der Waals surface area (Å²) < 4.78 is 10.8. The third-order valence-corrected chi connectivity index (χ3v) is 3.00. The van der Waals surface area contributed by atoms with Crippen LogP contribution in [0, 0.1) is 0 Å². The SMILES string of the molecule is CC(C)(C)OC(=O)NCCCNCC1(C)CCCO1. The van der Waals surface area contributed by atoms with Crippen LogP contribution in [0.4, 0.5) is 4.79 Å². The van der Waals surface area contributed by atoms with Crippen molar-refractivity contribution in [2.24, 2.45) is 0 Å². The highest BCUT2D eigenvalue weighted by Gasteiger charge is 2.28. The third kappa shape index (κ3) is 7.38. The number of alkyl carbamates (subject to hydrolysis) is 1. The molecule has 1 unspecified atom stereocenters. The van der Waals surface area contributed by atoms with Gasteiger partial charge in [0, 0.05) is 19.7 Å². The van der Waals surface area contributed by atoms with Crippen molar-refractivity contribution in [2.45, 2.75) is 58.2 Å². The lowest BCUT2D eigenvalue weighted by molar-refractivity contribution is 0.0209. The predicted molar refractivity (Wildman–Crippen MR) is 75.3 cm³/mol. The van der Waals surface area contributed by atoms with Crippen LogP contribution in [0.5, 0.6) is 0 Å². The van der Waals surface area contributed by atoms with Gasteiger partial charge in [-0.05, 0) is 53.5 Å². The van der Waals surface area contributed by atoms with Crippen LogP contribution in [-0.2, 0) is 9.47 Å². The van der Waals surface area contributed by atoms with Gasteiger partial charge in [0.15, 0.2) is 0 Å². The van der Waals surface area contributed by atoms with Crippen molar-refractivity contribution >= 4 is 6.09 Å². The van der Waals surface area contributed by atoms with Crippen LogP contribution in [0.25, 0.3) is 0 Å². The van der Waals surface area contributed by atoms with E-state index in [1.807, 2.05) is 20.8 Å². The normalized spacial score (nSPS) is 23.4. The summed E-state index contributed by atoms with van der Waals surface area (Å²) in [6, 6.07) is 0. The van der Waals surface area contributed by atoms with Gasteiger partial charge in [0.2, 0.25) is 0 Å². The van der Waals surface area contributed by atoms with Gasteiger partial charge >= 0.3 is 6.09 Å². The molecule has 1 amide bonds. The Balaban J connectivity index is 1.98. The van der Waals surface area contributed by atoms with Gasteiger partial charge in [0.05, 0.1) is 5.60 Å². The lowest BCUT2D eigenvalue weighted by Gasteiger charge is -2.23. The van der Waals surface area contributed by atoms with Crippen molar-refractivity contribution in [1.29, 1.82) is 0 Å². The van der Waals surface area contributed by atoms with Crippen LogP contribution in [-0.4, -0.2) is 43.5 Å². The first-order chi connectivity index (χ1) is 8.81. The van der Waals surface area contributed by atoms with Gasteiger partial charge in [0.1, 0.15) is 5.60 Å². The van der Waals surface area contributed by atoms with E-state index >= 15 is 0 Å². The molecule has 0 bridgehead atoms. The van der Waals surface area contributed by atoms with E-state index in [0.717, 1.165) is 39.0 Å². The Morgan fingerprint density at radius 2 is 2.11 bits per heavy atom. The first-order valence-corrected chi connectivity index (χ1v) is 7.12. The largest absolute Gasteiger partial charge is 0.444 e. The maximum Gasteiger partial charge on any atom is 0.407 e. The summed E-state index contributed by atoms with van der Waals surface area (Å²) in [5.74, 6) is 0. The zero-order valence-corrected chi connectivity index (χ0v) is 12.7. The molecule has 0 aromatic heterocycles.